The van der Waals surface area contributed by atoms with E-state index in [0.717, 1.165) is 32.5 Å². The molecule has 1 saturated carbocycles. The lowest BCUT2D eigenvalue weighted by Gasteiger charge is -2.24. The molecule has 1 aromatic rings. The zero-order chi connectivity index (χ0) is 20.3. The van der Waals surface area contributed by atoms with E-state index in [1.54, 1.807) is 12.1 Å². The lowest BCUT2D eigenvalue weighted by Crippen LogP contribution is -2.33. The van der Waals surface area contributed by atoms with Gasteiger partial charge in [0.15, 0.2) is 0 Å². The average molecular weight is 396 g/mol. The number of nitrogens with zero attached hydrogens (tertiary/aromatic N) is 4. The van der Waals surface area contributed by atoms with Gasteiger partial charge in [0.1, 0.15) is 5.69 Å². The van der Waals surface area contributed by atoms with Gasteiger partial charge in [-0.25, -0.2) is 4.90 Å². The Morgan fingerprint density at radius 1 is 1.00 bits per heavy atom. The molecule has 0 radical (unpaired) electrons. The lowest BCUT2D eigenvalue weighted by atomic mass is 9.85. The standard InChI is InChI=1S/C21H24N4O4/c1-22-7-2-8-23(10-9-22)16-6-5-15(12-17(16)25(28)29)24-20(26)18-13-3-4-14(11-13)19(18)21(24)27/h3-6,12-14,18-19H,2,7-11H2,1H3/t13-,14-,18-,19-/m0/s1. The summed E-state index contributed by atoms with van der Waals surface area (Å²) in [6.45, 7) is 3.24. The first-order chi connectivity index (χ1) is 14.0. The largest absolute Gasteiger partial charge is 0.365 e. The second-order valence-electron chi connectivity index (χ2n) is 8.59. The maximum Gasteiger partial charge on any atom is 0.294 e. The van der Waals surface area contributed by atoms with Crippen LogP contribution >= 0.6 is 0 Å². The summed E-state index contributed by atoms with van der Waals surface area (Å²) in [4.78, 5) is 42.9. The van der Waals surface area contributed by atoms with Crippen LogP contribution in [0.2, 0.25) is 0 Å². The summed E-state index contributed by atoms with van der Waals surface area (Å²) >= 11 is 0. The van der Waals surface area contributed by atoms with Crippen LogP contribution in [0.3, 0.4) is 0 Å². The normalized spacial score (nSPS) is 31.5. The number of benzene rings is 1. The first-order valence-electron chi connectivity index (χ1n) is 10.2. The van der Waals surface area contributed by atoms with E-state index in [2.05, 4.69) is 4.90 Å². The van der Waals surface area contributed by atoms with Crippen molar-refractivity contribution in [1.82, 2.24) is 4.90 Å². The van der Waals surface area contributed by atoms with E-state index in [1.807, 2.05) is 24.1 Å². The van der Waals surface area contributed by atoms with Gasteiger partial charge < -0.3 is 9.80 Å². The third kappa shape index (κ3) is 2.77. The molecule has 4 atom stereocenters. The molecule has 2 saturated heterocycles. The molecule has 2 bridgehead atoms. The number of allylic oxidation sites excluding steroid dienone is 2. The van der Waals surface area contributed by atoms with Crippen LogP contribution in [0.5, 0.6) is 0 Å². The number of carbonyl (C=O) groups is 2. The number of nitro groups is 1. The molecule has 0 unspecified atom stereocenters. The number of hydrogen-bond donors (Lipinski definition) is 0. The van der Waals surface area contributed by atoms with Gasteiger partial charge in [-0.1, -0.05) is 12.2 Å². The zero-order valence-corrected chi connectivity index (χ0v) is 16.4. The summed E-state index contributed by atoms with van der Waals surface area (Å²) in [6.07, 6.45) is 5.88. The van der Waals surface area contributed by atoms with Gasteiger partial charge in [-0.05, 0) is 50.4 Å². The maximum absolute atomic E-state index is 13.0. The molecule has 2 amide bonds. The minimum atomic E-state index is -0.412. The van der Waals surface area contributed by atoms with Gasteiger partial charge in [0, 0.05) is 25.7 Å². The smallest absolute Gasteiger partial charge is 0.294 e. The topological polar surface area (TPSA) is 87.0 Å². The highest BCUT2D eigenvalue weighted by Gasteiger charge is 2.59. The maximum atomic E-state index is 13.0. The molecule has 2 aliphatic carbocycles. The molecule has 3 fully saturated rings. The molecule has 8 nitrogen and oxygen atoms in total. The molecule has 5 rings (SSSR count). The van der Waals surface area contributed by atoms with Crippen molar-refractivity contribution in [2.75, 3.05) is 43.0 Å². The third-order valence-corrected chi connectivity index (χ3v) is 6.94. The number of carbonyl (C=O) groups excluding carboxylic acids is 2. The van der Waals surface area contributed by atoms with E-state index in [9.17, 15) is 19.7 Å². The minimum Gasteiger partial charge on any atom is -0.365 e. The van der Waals surface area contributed by atoms with E-state index < -0.39 is 4.92 Å². The highest BCUT2D eigenvalue weighted by molar-refractivity contribution is 6.23. The van der Waals surface area contributed by atoms with Crippen LogP contribution in [0.15, 0.2) is 30.4 Å². The molecule has 29 heavy (non-hydrogen) atoms. The number of imide groups is 1. The van der Waals surface area contributed by atoms with E-state index in [-0.39, 0.29) is 41.2 Å². The van der Waals surface area contributed by atoms with E-state index in [1.165, 1.54) is 11.0 Å². The van der Waals surface area contributed by atoms with Crippen molar-refractivity contribution >= 4 is 28.9 Å². The predicted octanol–water partition coefficient (Wildman–Crippen LogP) is 2.05. The summed E-state index contributed by atoms with van der Waals surface area (Å²) in [7, 11) is 2.05. The van der Waals surface area contributed by atoms with Crippen LogP contribution in [0.1, 0.15) is 12.8 Å². The average Bonchev–Trinajstić information content (AvgIpc) is 3.33. The lowest BCUT2D eigenvalue weighted by molar-refractivity contribution is -0.384. The van der Waals surface area contributed by atoms with Crippen LogP contribution in [-0.2, 0) is 9.59 Å². The number of rotatable bonds is 3. The second kappa shape index (κ2) is 6.66. The molecular formula is C21H24N4O4. The fourth-order valence-corrected chi connectivity index (χ4v) is 5.51. The first kappa shape index (κ1) is 18.3. The number of hydrogen-bond acceptors (Lipinski definition) is 6. The highest BCUT2D eigenvalue weighted by Crippen LogP contribution is 2.53. The van der Waals surface area contributed by atoms with Crippen LogP contribution in [0, 0.1) is 33.8 Å². The van der Waals surface area contributed by atoms with Gasteiger partial charge in [0.05, 0.1) is 22.4 Å². The van der Waals surface area contributed by atoms with Crippen LogP contribution in [-0.4, -0.2) is 54.9 Å². The number of amides is 2. The van der Waals surface area contributed by atoms with E-state index in [4.69, 9.17) is 0 Å². The Hall–Kier alpha value is -2.74. The van der Waals surface area contributed by atoms with E-state index in [0.29, 0.717) is 17.9 Å². The van der Waals surface area contributed by atoms with E-state index >= 15 is 0 Å². The molecule has 0 N–H and O–H groups in total. The van der Waals surface area contributed by atoms with Crippen molar-refractivity contribution in [1.29, 1.82) is 0 Å². The Labute approximate surface area is 168 Å². The molecule has 0 aromatic heterocycles. The Balaban J connectivity index is 1.48. The van der Waals surface area contributed by atoms with Gasteiger partial charge in [0.25, 0.3) is 5.69 Å². The van der Waals surface area contributed by atoms with Crippen molar-refractivity contribution in [3.8, 4) is 0 Å². The predicted molar refractivity (Wildman–Crippen MR) is 108 cm³/mol. The van der Waals surface area contributed by atoms with Crippen molar-refractivity contribution in [2.24, 2.45) is 23.7 Å². The van der Waals surface area contributed by atoms with Gasteiger partial charge in [0.2, 0.25) is 11.8 Å². The van der Waals surface area contributed by atoms with Crippen LogP contribution < -0.4 is 9.80 Å². The van der Waals surface area contributed by atoms with Crippen molar-refractivity contribution in [3.05, 3.63) is 40.5 Å². The molecule has 0 spiro atoms. The van der Waals surface area contributed by atoms with Gasteiger partial charge >= 0.3 is 0 Å². The highest BCUT2D eigenvalue weighted by atomic mass is 16.6. The quantitative estimate of drug-likeness (QED) is 0.336. The second-order valence-corrected chi connectivity index (χ2v) is 8.59. The molecule has 2 aliphatic heterocycles. The molecular weight excluding hydrogens is 372 g/mol. The van der Waals surface area contributed by atoms with Crippen LogP contribution in [0.4, 0.5) is 17.1 Å². The Morgan fingerprint density at radius 2 is 1.69 bits per heavy atom. The molecule has 152 valence electrons. The summed E-state index contributed by atoms with van der Waals surface area (Å²) in [6, 6.07) is 4.78. The first-order valence-corrected chi connectivity index (χ1v) is 10.2. The Morgan fingerprint density at radius 3 is 2.34 bits per heavy atom. The van der Waals surface area contributed by atoms with Gasteiger partial charge in [-0.15, -0.1) is 0 Å². The molecule has 1 aromatic carbocycles. The summed E-state index contributed by atoms with van der Waals surface area (Å²) in [5.74, 6) is -0.801. The number of fused-ring (bicyclic) bond motifs is 5. The molecule has 4 aliphatic rings. The minimum absolute atomic E-state index is 0.0502. The van der Waals surface area contributed by atoms with Crippen LogP contribution in [0.25, 0.3) is 0 Å². The van der Waals surface area contributed by atoms with Crippen molar-refractivity contribution in [3.63, 3.8) is 0 Å². The Bertz CT molecular complexity index is 899. The van der Waals surface area contributed by atoms with Gasteiger partial charge in [-0.2, -0.15) is 0 Å². The number of likely N-dealkylation sites (N-methyl/N-ethyl adjacent to an activating group) is 1. The fourth-order valence-electron chi connectivity index (χ4n) is 5.51. The summed E-state index contributed by atoms with van der Waals surface area (Å²) < 4.78 is 0. The number of nitro benzene ring substituents is 1. The molecule has 8 heteroatoms. The third-order valence-electron chi connectivity index (χ3n) is 6.94. The Kier molecular flexibility index (Phi) is 4.20. The monoisotopic (exact) mass is 396 g/mol. The number of anilines is 2. The van der Waals surface area contributed by atoms with Crippen molar-refractivity contribution in [2.45, 2.75) is 12.8 Å². The summed E-state index contributed by atoms with van der Waals surface area (Å²) in [5, 5.41) is 11.8. The van der Waals surface area contributed by atoms with Gasteiger partial charge in [-0.3, -0.25) is 19.7 Å². The summed E-state index contributed by atoms with van der Waals surface area (Å²) in [5.41, 5.74) is 0.817. The molecule has 2 heterocycles. The van der Waals surface area contributed by atoms with Crippen molar-refractivity contribution < 1.29 is 14.5 Å². The fraction of sp³-hybridized carbons (Fsp3) is 0.524. The SMILES string of the molecule is CN1CCCN(c2ccc(N3C(=O)[C@@H]4[C@@H](C3=O)[C@H]3C=C[C@H]4C3)cc2[N+](=O)[O-])CC1. The zero-order valence-electron chi connectivity index (χ0n) is 16.4.